The zero-order chi connectivity index (χ0) is 11.1. The molecule has 16 heavy (non-hydrogen) atoms. The van der Waals surface area contributed by atoms with Gasteiger partial charge in [-0.25, -0.2) is 0 Å². The van der Waals surface area contributed by atoms with Crippen molar-refractivity contribution >= 4 is 7.92 Å². The van der Waals surface area contributed by atoms with Crippen molar-refractivity contribution in [3.63, 3.8) is 0 Å². The van der Waals surface area contributed by atoms with Crippen molar-refractivity contribution in [1.29, 1.82) is 0 Å². The van der Waals surface area contributed by atoms with E-state index in [2.05, 4.69) is 12.7 Å². The SMILES string of the molecule is COC1=CCC2=C(CCC3C2CCP3C)C1. The predicted molar refractivity (Wildman–Crippen MR) is 70.2 cm³/mol. The summed E-state index contributed by atoms with van der Waals surface area (Å²) >= 11 is 0. The topological polar surface area (TPSA) is 9.23 Å². The second kappa shape index (κ2) is 4.18. The van der Waals surface area contributed by atoms with E-state index in [0.29, 0.717) is 7.92 Å². The van der Waals surface area contributed by atoms with Crippen molar-refractivity contribution in [3.8, 4) is 0 Å². The highest BCUT2D eigenvalue weighted by Crippen LogP contribution is 2.58. The standard InChI is InChI=1S/C14H21OP/c1-15-11-4-5-12-10(9-11)3-6-14-13(12)7-8-16(14)2/h4,13-14H,3,5-9H2,1-2H3. The first kappa shape index (κ1) is 10.8. The van der Waals surface area contributed by atoms with Crippen molar-refractivity contribution in [2.45, 2.75) is 37.8 Å². The largest absolute Gasteiger partial charge is 0.501 e. The maximum Gasteiger partial charge on any atom is 0.0959 e. The average molecular weight is 236 g/mol. The van der Waals surface area contributed by atoms with E-state index in [9.17, 15) is 0 Å². The van der Waals surface area contributed by atoms with Crippen molar-refractivity contribution in [1.82, 2.24) is 0 Å². The van der Waals surface area contributed by atoms with Crippen molar-refractivity contribution in [2.24, 2.45) is 5.92 Å². The summed E-state index contributed by atoms with van der Waals surface area (Å²) in [5, 5.41) is 0. The fraction of sp³-hybridized carbons (Fsp3) is 0.714. The Labute approximate surface area is 99.7 Å². The van der Waals surface area contributed by atoms with Crippen LogP contribution in [0.2, 0.25) is 0 Å². The van der Waals surface area contributed by atoms with Gasteiger partial charge < -0.3 is 4.74 Å². The zero-order valence-electron chi connectivity index (χ0n) is 10.3. The number of allylic oxidation sites excluding steroid dienone is 3. The normalized spacial score (nSPS) is 37.9. The Morgan fingerprint density at radius 3 is 3.06 bits per heavy atom. The summed E-state index contributed by atoms with van der Waals surface area (Å²) in [6.07, 6.45) is 10.4. The fourth-order valence-corrected chi connectivity index (χ4v) is 6.27. The van der Waals surface area contributed by atoms with Gasteiger partial charge in [-0.2, -0.15) is 0 Å². The second-order valence-corrected chi connectivity index (χ2v) is 7.99. The van der Waals surface area contributed by atoms with Gasteiger partial charge in [-0.05, 0) is 56.2 Å². The number of rotatable bonds is 1. The van der Waals surface area contributed by atoms with Crippen molar-refractivity contribution in [3.05, 3.63) is 23.0 Å². The molecule has 88 valence electrons. The fourth-order valence-electron chi connectivity index (χ4n) is 3.74. The summed E-state index contributed by atoms with van der Waals surface area (Å²) in [4.78, 5) is 0. The van der Waals surface area contributed by atoms with Gasteiger partial charge in [0.15, 0.2) is 0 Å². The third-order valence-corrected chi connectivity index (χ3v) is 7.38. The highest BCUT2D eigenvalue weighted by molar-refractivity contribution is 7.58. The summed E-state index contributed by atoms with van der Waals surface area (Å²) in [5.41, 5.74) is 4.60. The van der Waals surface area contributed by atoms with E-state index in [0.717, 1.165) is 18.0 Å². The molecule has 3 atom stereocenters. The molecule has 1 fully saturated rings. The molecule has 0 aromatic heterocycles. The van der Waals surface area contributed by atoms with Gasteiger partial charge in [0.2, 0.25) is 0 Å². The Balaban J connectivity index is 1.84. The van der Waals surface area contributed by atoms with Crippen LogP contribution in [0, 0.1) is 5.92 Å². The quantitative estimate of drug-likeness (QED) is 0.495. The van der Waals surface area contributed by atoms with E-state index in [-0.39, 0.29) is 0 Å². The van der Waals surface area contributed by atoms with Gasteiger partial charge in [0.25, 0.3) is 0 Å². The summed E-state index contributed by atoms with van der Waals surface area (Å²) < 4.78 is 5.40. The highest BCUT2D eigenvalue weighted by atomic mass is 31.1. The highest BCUT2D eigenvalue weighted by Gasteiger charge is 2.39. The van der Waals surface area contributed by atoms with Crippen LogP contribution in [0.15, 0.2) is 23.0 Å². The minimum atomic E-state index is 0.344. The molecule has 0 aromatic carbocycles. The molecule has 3 unspecified atom stereocenters. The van der Waals surface area contributed by atoms with Gasteiger partial charge in [0.1, 0.15) is 0 Å². The molecule has 0 amide bonds. The Morgan fingerprint density at radius 1 is 1.38 bits per heavy atom. The predicted octanol–water partition coefficient (Wildman–Crippen LogP) is 3.90. The zero-order valence-corrected chi connectivity index (χ0v) is 11.2. The number of hydrogen-bond donors (Lipinski definition) is 0. The van der Waals surface area contributed by atoms with Crippen LogP contribution in [0.3, 0.4) is 0 Å². The smallest absolute Gasteiger partial charge is 0.0959 e. The van der Waals surface area contributed by atoms with Crippen molar-refractivity contribution < 1.29 is 4.74 Å². The number of ether oxygens (including phenoxy) is 1. The van der Waals surface area contributed by atoms with Gasteiger partial charge in [-0.3, -0.25) is 0 Å². The third-order valence-electron chi connectivity index (χ3n) is 4.67. The summed E-state index contributed by atoms with van der Waals surface area (Å²) in [7, 11) is 2.15. The molecule has 2 aliphatic carbocycles. The molecule has 1 saturated heterocycles. The van der Waals surface area contributed by atoms with E-state index >= 15 is 0 Å². The minimum Gasteiger partial charge on any atom is -0.501 e. The molecule has 0 N–H and O–H groups in total. The van der Waals surface area contributed by atoms with E-state index in [1.165, 1.54) is 37.6 Å². The second-order valence-electron chi connectivity index (χ2n) is 5.37. The van der Waals surface area contributed by atoms with Crippen LogP contribution in [0.5, 0.6) is 0 Å². The Kier molecular flexibility index (Phi) is 2.83. The summed E-state index contributed by atoms with van der Waals surface area (Å²) in [6, 6.07) is 0. The lowest BCUT2D eigenvalue weighted by Gasteiger charge is -2.35. The van der Waals surface area contributed by atoms with Gasteiger partial charge in [-0.1, -0.05) is 11.1 Å². The van der Waals surface area contributed by atoms with Gasteiger partial charge in [0, 0.05) is 6.42 Å². The van der Waals surface area contributed by atoms with Gasteiger partial charge in [0.05, 0.1) is 12.9 Å². The monoisotopic (exact) mass is 236 g/mol. The molecule has 0 bridgehead atoms. The lowest BCUT2D eigenvalue weighted by molar-refractivity contribution is 0.276. The summed E-state index contributed by atoms with van der Waals surface area (Å²) in [5.74, 6) is 2.16. The lowest BCUT2D eigenvalue weighted by atomic mass is 9.76. The van der Waals surface area contributed by atoms with Crippen molar-refractivity contribution in [2.75, 3.05) is 19.9 Å². The Hall–Kier alpha value is -0.290. The Morgan fingerprint density at radius 2 is 2.25 bits per heavy atom. The molecular weight excluding hydrogens is 215 g/mol. The van der Waals surface area contributed by atoms with Crippen LogP contribution >= 0.6 is 7.92 Å². The maximum atomic E-state index is 5.40. The van der Waals surface area contributed by atoms with Crippen LogP contribution < -0.4 is 0 Å². The third kappa shape index (κ3) is 1.64. The van der Waals surface area contributed by atoms with Crippen LogP contribution in [0.4, 0.5) is 0 Å². The molecule has 3 rings (SSSR count). The molecule has 0 aromatic rings. The van der Waals surface area contributed by atoms with Gasteiger partial charge in [-0.15, -0.1) is 7.92 Å². The summed E-state index contributed by atoms with van der Waals surface area (Å²) in [6.45, 7) is 2.52. The molecule has 1 heterocycles. The first-order valence-corrected chi connectivity index (χ1v) is 8.48. The van der Waals surface area contributed by atoms with E-state index in [1.54, 1.807) is 5.57 Å². The number of methoxy groups -OCH3 is 1. The van der Waals surface area contributed by atoms with Crippen LogP contribution in [-0.2, 0) is 4.74 Å². The molecular formula is C14H21OP. The maximum absolute atomic E-state index is 5.40. The lowest BCUT2D eigenvalue weighted by Crippen LogP contribution is -2.23. The van der Waals surface area contributed by atoms with Crippen LogP contribution in [0.25, 0.3) is 0 Å². The Bertz CT molecular complexity index is 356. The average Bonchev–Trinajstić information content (AvgIpc) is 2.70. The van der Waals surface area contributed by atoms with E-state index in [1.807, 2.05) is 12.7 Å². The molecule has 3 aliphatic rings. The molecule has 0 radical (unpaired) electrons. The van der Waals surface area contributed by atoms with Gasteiger partial charge >= 0.3 is 0 Å². The first-order chi connectivity index (χ1) is 7.79. The first-order valence-electron chi connectivity index (χ1n) is 6.43. The molecule has 1 nitrogen and oxygen atoms in total. The minimum absolute atomic E-state index is 0.344. The van der Waals surface area contributed by atoms with E-state index in [4.69, 9.17) is 4.74 Å². The van der Waals surface area contributed by atoms with Crippen LogP contribution in [-0.4, -0.2) is 25.6 Å². The number of fused-ring (bicyclic) bond motifs is 2. The molecule has 1 aliphatic heterocycles. The van der Waals surface area contributed by atoms with E-state index < -0.39 is 0 Å². The molecule has 0 saturated carbocycles. The van der Waals surface area contributed by atoms with Crippen LogP contribution in [0.1, 0.15) is 32.1 Å². The number of hydrogen-bond acceptors (Lipinski definition) is 1. The molecule has 0 spiro atoms. The molecule has 2 heteroatoms.